The minimum Gasteiger partial charge on any atom is -0.347 e. The van der Waals surface area contributed by atoms with Gasteiger partial charge in [-0.1, -0.05) is 0 Å². The van der Waals surface area contributed by atoms with Crippen molar-refractivity contribution in [1.82, 2.24) is 14.7 Å². The van der Waals surface area contributed by atoms with E-state index in [2.05, 4.69) is 0 Å². The van der Waals surface area contributed by atoms with E-state index in [9.17, 15) is 14.0 Å². The van der Waals surface area contributed by atoms with Gasteiger partial charge >= 0.3 is 0 Å². The first kappa shape index (κ1) is 15.4. The van der Waals surface area contributed by atoms with Crippen molar-refractivity contribution in [2.24, 2.45) is 0 Å². The molecular formula is C15H20FN3O2. The fraction of sp³-hybridized carbons (Fsp3) is 0.467. The maximum Gasteiger partial charge on any atom is 0.254 e. The largest absolute Gasteiger partial charge is 0.347 e. The zero-order chi connectivity index (χ0) is 15.6. The molecule has 0 bridgehead atoms. The van der Waals surface area contributed by atoms with Gasteiger partial charge in [-0.15, -0.1) is 0 Å². The van der Waals surface area contributed by atoms with E-state index in [4.69, 9.17) is 0 Å². The Morgan fingerprint density at radius 3 is 2.38 bits per heavy atom. The third-order valence-corrected chi connectivity index (χ3v) is 3.66. The summed E-state index contributed by atoms with van der Waals surface area (Å²) in [7, 11) is 5.28. The van der Waals surface area contributed by atoms with Crippen LogP contribution >= 0.6 is 0 Å². The number of carbonyl (C=O) groups is 2. The molecule has 0 unspecified atom stereocenters. The summed E-state index contributed by atoms with van der Waals surface area (Å²) >= 11 is 0. The molecule has 1 aliphatic rings. The lowest BCUT2D eigenvalue weighted by atomic mass is 10.1. The van der Waals surface area contributed by atoms with E-state index in [1.54, 1.807) is 19.0 Å². The summed E-state index contributed by atoms with van der Waals surface area (Å²) in [5.74, 6) is -0.717. The Bertz CT molecular complexity index is 530. The van der Waals surface area contributed by atoms with Crippen molar-refractivity contribution in [3.63, 3.8) is 0 Å². The van der Waals surface area contributed by atoms with Gasteiger partial charge in [-0.25, -0.2) is 4.39 Å². The first-order valence-electron chi connectivity index (χ1n) is 6.86. The topological polar surface area (TPSA) is 43.9 Å². The lowest BCUT2D eigenvalue weighted by molar-refractivity contribution is -0.135. The molecular weight excluding hydrogens is 273 g/mol. The maximum atomic E-state index is 13.0. The predicted octanol–water partition coefficient (Wildman–Crippen LogP) is 0.670. The molecule has 1 fully saturated rings. The minimum absolute atomic E-state index is 0.1000. The molecule has 6 heteroatoms. The molecule has 1 saturated heterocycles. The lowest BCUT2D eigenvalue weighted by Gasteiger charge is -2.40. The number of rotatable bonds is 2. The summed E-state index contributed by atoms with van der Waals surface area (Å²) in [6.45, 7) is 1.70. The highest BCUT2D eigenvalue weighted by atomic mass is 19.1. The van der Waals surface area contributed by atoms with E-state index >= 15 is 0 Å². The lowest BCUT2D eigenvalue weighted by Crippen LogP contribution is -2.59. The Morgan fingerprint density at radius 2 is 1.81 bits per heavy atom. The average molecular weight is 293 g/mol. The van der Waals surface area contributed by atoms with Crippen molar-refractivity contribution >= 4 is 11.8 Å². The number of piperazine rings is 1. The van der Waals surface area contributed by atoms with Crippen LogP contribution in [0.25, 0.3) is 0 Å². The molecule has 0 spiro atoms. The van der Waals surface area contributed by atoms with E-state index in [1.165, 1.54) is 29.2 Å². The molecule has 0 saturated carbocycles. The number of benzene rings is 1. The molecule has 0 N–H and O–H groups in total. The second-order valence-electron chi connectivity index (χ2n) is 5.52. The third kappa shape index (κ3) is 3.39. The van der Waals surface area contributed by atoms with Crippen LogP contribution in [0.4, 0.5) is 4.39 Å². The van der Waals surface area contributed by atoms with E-state index in [-0.39, 0.29) is 17.6 Å². The summed E-state index contributed by atoms with van der Waals surface area (Å²) < 4.78 is 13.0. The van der Waals surface area contributed by atoms with E-state index in [1.807, 2.05) is 11.9 Å². The number of hydrogen-bond donors (Lipinski definition) is 0. The van der Waals surface area contributed by atoms with Gasteiger partial charge in [0.15, 0.2) is 0 Å². The number of hydrogen-bond acceptors (Lipinski definition) is 3. The van der Waals surface area contributed by atoms with Crippen LogP contribution in [-0.2, 0) is 4.79 Å². The molecule has 1 aromatic carbocycles. The fourth-order valence-corrected chi connectivity index (χ4v) is 2.43. The second kappa shape index (κ2) is 6.22. The first-order valence-corrected chi connectivity index (χ1v) is 6.86. The molecule has 114 valence electrons. The number of likely N-dealkylation sites (N-methyl/N-ethyl adjacent to an activating group) is 2. The standard InChI is InChI=1S/C15H20FN3O2/c1-17(2)15(21)13-10-18(3)8-9-19(13)14(20)11-4-6-12(16)7-5-11/h4-7,13H,8-10H2,1-3H3/t13-/m1/s1. The van der Waals surface area contributed by atoms with Gasteiger partial charge in [-0.3, -0.25) is 9.59 Å². The second-order valence-corrected chi connectivity index (χ2v) is 5.52. The Morgan fingerprint density at radius 1 is 1.19 bits per heavy atom. The molecule has 0 aliphatic carbocycles. The van der Waals surface area contributed by atoms with Crippen LogP contribution in [0.1, 0.15) is 10.4 Å². The van der Waals surface area contributed by atoms with Gasteiger partial charge in [-0.2, -0.15) is 0 Å². The Hall–Kier alpha value is -1.95. The van der Waals surface area contributed by atoms with Gasteiger partial charge in [0.2, 0.25) is 5.91 Å². The van der Waals surface area contributed by atoms with Crippen molar-refractivity contribution in [1.29, 1.82) is 0 Å². The maximum absolute atomic E-state index is 13.0. The van der Waals surface area contributed by atoms with Gasteiger partial charge in [0.1, 0.15) is 11.9 Å². The highest BCUT2D eigenvalue weighted by Crippen LogP contribution is 2.15. The fourth-order valence-electron chi connectivity index (χ4n) is 2.43. The molecule has 1 aliphatic heterocycles. The Balaban J connectivity index is 2.24. The van der Waals surface area contributed by atoms with Crippen LogP contribution in [0.5, 0.6) is 0 Å². The molecule has 21 heavy (non-hydrogen) atoms. The molecule has 1 aromatic rings. The molecule has 2 rings (SSSR count). The van der Waals surface area contributed by atoms with Crippen molar-refractivity contribution in [2.75, 3.05) is 40.8 Å². The first-order chi connectivity index (χ1) is 9.90. The number of amides is 2. The Kier molecular flexibility index (Phi) is 4.57. The van der Waals surface area contributed by atoms with Gasteiger partial charge in [0.25, 0.3) is 5.91 Å². The van der Waals surface area contributed by atoms with Crippen molar-refractivity contribution < 1.29 is 14.0 Å². The number of halogens is 1. The van der Waals surface area contributed by atoms with Crippen LogP contribution in [0, 0.1) is 5.82 Å². The monoisotopic (exact) mass is 293 g/mol. The summed E-state index contributed by atoms with van der Waals surface area (Å²) in [5, 5.41) is 0. The van der Waals surface area contributed by atoms with Crippen molar-refractivity contribution in [2.45, 2.75) is 6.04 Å². The summed E-state index contributed by atoms with van der Waals surface area (Å²) in [6, 6.07) is 4.91. The van der Waals surface area contributed by atoms with Crippen molar-refractivity contribution in [3.05, 3.63) is 35.6 Å². The highest BCUT2D eigenvalue weighted by molar-refractivity contribution is 5.97. The van der Waals surface area contributed by atoms with Gasteiger partial charge in [-0.05, 0) is 31.3 Å². The molecule has 1 atom stereocenters. The molecule has 5 nitrogen and oxygen atoms in total. The van der Waals surface area contributed by atoms with Crippen molar-refractivity contribution in [3.8, 4) is 0 Å². The average Bonchev–Trinajstić information content (AvgIpc) is 2.46. The van der Waals surface area contributed by atoms with Gasteiger partial charge in [0.05, 0.1) is 0 Å². The Labute approximate surface area is 123 Å². The SMILES string of the molecule is CN1CCN(C(=O)c2ccc(F)cc2)[C@@H](C(=O)N(C)C)C1. The predicted molar refractivity (Wildman–Crippen MR) is 77.4 cm³/mol. The van der Waals surface area contributed by atoms with E-state index in [0.717, 1.165) is 0 Å². The third-order valence-electron chi connectivity index (χ3n) is 3.66. The van der Waals surface area contributed by atoms with Gasteiger partial charge in [0, 0.05) is 39.3 Å². The molecule has 2 amide bonds. The molecule has 1 heterocycles. The van der Waals surface area contributed by atoms with Crippen LogP contribution in [0.2, 0.25) is 0 Å². The quantitative estimate of drug-likeness (QED) is 0.805. The van der Waals surface area contributed by atoms with E-state index < -0.39 is 6.04 Å². The van der Waals surface area contributed by atoms with Gasteiger partial charge < -0.3 is 14.7 Å². The number of carbonyl (C=O) groups excluding carboxylic acids is 2. The molecule has 0 radical (unpaired) electrons. The zero-order valence-corrected chi connectivity index (χ0v) is 12.5. The summed E-state index contributed by atoms with van der Waals surface area (Å²) in [6.07, 6.45) is 0. The minimum atomic E-state index is -0.503. The zero-order valence-electron chi connectivity index (χ0n) is 12.5. The molecule has 0 aromatic heterocycles. The normalized spacial score (nSPS) is 19.4. The van der Waals surface area contributed by atoms with Crippen LogP contribution in [0.3, 0.4) is 0 Å². The smallest absolute Gasteiger partial charge is 0.254 e. The van der Waals surface area contributed by atoms with Crippen LogP contribution in [-0.4, -0.2) is 73.3 Å². The highest BCUT2D eigenvalue weighted by Gasteiger charge is 2.35. The van der Waals surface area contributed by atoms with E-state index in [0.29, 0.717) is 25.2 Å². The number of nitrogens with zero attached hydrogens (tertiary/aromatic N) is 3. The summed E-state index contributed by atoms with van der Waals surface area (Å²) in [5.41, 5.74) is 0.400. The van der Waals surface area contributed by atoms with Crippen LogP contribution < -0.4 is 0 Å². The van der Waals surface area contributed by atoms with Crippen LogP contribution in [0.15, 0.2) is 24.3 Å². The summed E-state index contributed by atoms with van der Waals surface area (Å²) in [4.78, 5) is 30.0.